The van der Waals surface area contributed by atoms with Crippen LogP contribution in [-0.4, -0.2) is 38.3 Å². The number of halogens is 1. The van der Waals surface area contributed by atoms with Crippen LogP contribution < -0.4 is 4.74 Å². The second-order valence-corrected chi connectivity index (χ2v) is 11.5. The number of rotatable bonds is 8. The number of ether oxygens (including phenoxy) is 2. The number of fused-ring (bicyclic) bond motifs is 1. The molecule has 2 aliphatic carbocycles. The molecule has 2 saturated carbocycles. The summed E-state index contributed by atoms with van der Waals surface area (Å²) < 4.78 is 33.4. The van der Waals surface area contributed by atoms with E-state index in [1.807, 2.05) is 18.2 Å². The Kier molecular flexibility index (Phi) is 6.27. The molecule has 3 fully saturated rings. The minimum absolute atomic E-state index is 0.0405. The number of aromatic carboxylic acids is 1. The van der Waals surface area contributed by atoms with Crippen molar-refractivity contribution < 1.29 is 28.2 Å². The first-order valence-corrected chi connectivity index (χ1v) is 14.1. The van der Waals surface area contributed by atoms with Gasteiger partial charge in [-0.15, -0.1) is 0 Å². The molecule has 3 aliphatic rings. The molecule has 4 heterocycles. The van der Waals surface area contributed by atoms with Gasteiger partial charge < -0.3 is 23.6 Å². The molecule has 2 atom stereocenters. The lowest BCUT2D eigenvalue weighted by Gasteiger charge is -2.30. The van der Waals surface area contributed by atoms with Crippen LogP contribution in [-0.2, 0) is 17.9 Å². The molecule has 4 aromatic rings. The second-order valence-electron chi connectivity index (χ2n) is 11.5. The van der Waals surface area contributed by atoms with Gasteiger partial charge in [0, 0.05) is 41.8 Å². The molecule has 210 valence electrons. The summed E-state index contributed by atoms with van der Waals surface area (Å²) in [6.45, 7) is 1.45. The average Bonchev–Trinajstić information content (AvgIpc) is 3.30. The lowest BCUT2D eigenvalue weighted by atomic mass is 9.77. The van der Waals surface area contributed by atoms with E-state index >= 15 is 0 Å². The molecule has 3 aromatic heterocycles. The zero-order valence-corrected chi connectivity index (χ0v) is 22.4. The molecule has 0 radical (unpaired) electrons. The Balaban J connectivity index is 1.02. The van der Waals surface area contributed by atoms with Crippen molar-refractivity contribution in [2.45, 2.75) is 69.6 Å². The summed E-state index contributed by atoms with van der Waals surface area (Å²) >= 11 is 0. The lowest BCUT2D eigenvalue weighted by Crippen LogP contribution is -2.31. The highest BCUT2D eigenvalue weighted by Gasteiger charge is 2.58. The summed E-state index contributed by atoms with van der Waals surface area (Å²) in [5, 5.41) is 18.3. The Morgan fingerprint density at radius 1 is 1.20 bits per heavy atom. The fraction of sp³-hybridized carbons (Fsp3) is 0.419. The fourth-order valence-electron chi connectivity index (χ4n) is 6.51. The number of pyridine rings is 1. The zero-order chi connectivity index (χ0) is 28.1. The largest absolute Gasteiger partial charge is 0.475 e. The van der Waals surface area contributed by atoms with Crippen LogP contribution >= 0.6 is 0 Å². The van der Waals surface area contributed by atoms with Crippen molar-refractivity contribution in [2.24, 2.45) is 5.41 Å². The third-order valence-electron chi connectivity index (χ3n) is 9.07. The van der Waals surface area contributed by atoms with Gasteiger partial charge in [-0.05, 0) is 62.1 Å². The molecule has 10 heteroatoms. The molecule has 0 amide bonds. The molecule has 0 bridgehead atoms. The highest BCUT2D eigenvalue weighted by Crippen LogP contribution is 2.67. The number of carbonyl (C=O) groups is 1. The number of benzene rings is 1. The number of carboxylic acids is 1. The van der Waals surface area contributed by atoms with Crippen LogP contribution in [0.5, 0.6) is 5.88 Å². The second kappa shape index (κ2) is 10.00. The van der Waals surface area contributed by atoms with Crippen molar-refractivity contribution in [1.29, 1.82) is 5.26 Å². The Hall–Kier alpha value is -4.23. The maximum atomic E-state index is 14.3. The van der Waals surface area contributed by atoms with Gasteiger partial charge in [-0.25, -0.2) is 14.2 Å². The Morgan fingerprint density at radius 3 is 2.73 bits per heavy atom. The van der Waals surface area contributed by atoms with Crippen LogP contribution in [0.25, 0.3) is 11.2 Å². The smallest absolute Gasteiger partial charge is 0.371 e. The van der Waals surface area contributed by atoms with E-state index in [0.717, 1.165) is 62.2 Å². The quantitative estimate of drug-likeness (QED) is 0.283. The van der Waals surface area contributed by atoms with Crippen molar-refractivity contribution in [3.63, 3.8) is 0 Å². The monoisotopic (exact) mass is 556 g/mol. The van der Waals surface area contributed by atoms with Crippen molar-refractivity contribution in [3.05, 3.63) is 76.7 Å². The highest BCUT2D eigenvalue weighted by molar-refractivity contribution is 5.89. The number of imidazole rings is 1. The van der Waals surface area contributed by atoms with E-state index < -0.39 is 11.8 Å². The van der Waals surface area contributed by atoms with E-state index in [2.05, 4.69) is 4.57 Å². The van der Waals surface area contributed by atoms with E-state index in [9.17, 15) is 14.3 Å². The summed E-state index contributed by atoms with van der Waals surface area (Å²) in [5.41, 5.74) is 2.94. The standard InChI is InChI=1S/C31H29FN4O5/c32-23-12-18(15-33)4-5-20(23)17-40-27-3-1-2-24(34-27)19-6-9-31(10-7-19)14-22(31)28-35-29-25(13-26(41-29)30(37)38)36(28)16-21-8-11-39-21/h1-5,12-13,19,21-22H,6-11,14,16-17H2,(H,37,38). The minimum Gasteiger partial charge on any atom is -0.475 e. The van der Waals surface area contributed by atoms with E-state index in [0.29, 0.717) is 35.5 Å². The lowest BCUT2D eigenvalue weighted by molar-refractivity contribution is -0.0590. The Morgan fingerprint density at radius 2 is 2.02 bits per heavy atom. The third kappa shape index (κ3) is 4.74. The number of hydrogen-bond acceptors (Lipinski definition) is 7. The van der Waals surface area contributed by atoms with E-state index in [-0.39, 0.29) is 29.4 Å². The molecule has 1 aromatic carbocycles. The molecule has 41 heavy (non-hydrogen) atoms. The topological polar surface area (TPSA) is 123 Å². The van der Waals surface area contributed by atoms with Gasteiger partial charge in [0.2, 0.25) is 17.4 Å². The van der Waals surface area contributed by atoms with Crippen molar-refractivity contribution in [3.8, 4) is 11.9 Å². The number of carboxylic acid groups (broad SMARTS) is 1. The van der Waals surface area contributed by atoms with Crippen LogP contribution in [0.4, 0.5) is 4.39 Å². The third-order valence-corrected chi connectivity index (χ3v) is 9.07. The van der Waals surface area contributed by atoms with Gasteiger partial charge in [0.1, 0.15) is 23.8 Å². The molecule has 7 rings (SSSR count). The molecule has 9 nitrogen and oxygen atoms in total. The van der Waals surface area contributed by atoms with E-state index in [1.165, 1.54) is 6.07 Å². The first-order valence-electron chi connectivity index (χ1n) is 14.1. The van der Waals surface area contributed by atoms with Crippen LogP contribution in [0.3, 0.4) is 0 Å². The summed E-state index contributed by atoms with van der Waals surface area (Å²) in [7, 11) is 0. The highest BCUT2D eigenvalue weighted by atomic mass is 19.1. The van der Waals surface area contributed by atoms with Crippen LogP contribution in [0.15, 0.2) is 46.9 Å². The first kappa shape index (κ1) is 25.7. The van der Waals surface area contributed by atoms with Gasteiger partial charge >= 0.3 is 5.97 Å². The van der Waals surface area contributed by atoms with Crippen molar-refractivity contribution in [1.82, 2.24) is 14.5 Å². The Bertz CT molecular complexity index is 1680. The van der Waals surface area contributed by atoms with Gasteiger partial charge in [-0.1, -0.05) is 12.1 Å². The normalized spacial score (nSPS) is 25.1. The Labute approximate surface area is 235 Å². The summed E-state index contributed by atoms with van der Waals surface area (Å²) in [4.78, 5) is 21.0. The molecule has 1 N–H and O–H groups in total. The maximum absolute atomic E-state index is 14.3. The molecule has 1 aliphatic heterocycles. The van der Waals surface area contributed by atoms with Crippen molar-refractivity contribution in [2.75, 3.05) is 6.61 Å². The maximum Gasteiger partial charge on any atom is 0.371 e. The minimum atomic E-state index is -1.10. The predicted molar refractivity (Wildman–Crippen MR) is 144 cm³/mol. The van der Waals surface area contributed by atoms with Gasteiger partial charge in [-0.3, -0.25) is 0 Å². The summed E-state index contributed by atoms with van der Waals surface area (Å²) in [6, 6.07) is 13.6. The van der Waals surface area contributed by atoms with E-state index in [1.54, 1.807) is 24.3 Å². The molecule has 1 saturated heterocycles. The number of hydrogen-bond donors (Lipinski definition) is 1. The molecule has 2 unspecified atom stereocenters. The van der Waals surface area contributed by atoms with Gasteiger partial charge in [0.15, 0.2) is 0 Å². The van der Waals surface area contributed by atoms with Crippen LogP contribution in [0, 0.1) is 22.6 Å². The summed E-state index contributed by atoms with van der Waals surface area (Å²) in [6.07, 6.45) is 6.28. The number of furan rings is 1. The molecule has 1 spiro atoms. The van der Waals surface area contributed by atoms with Crippen LogP contribution in [0.1, 0.15) is 83.6 Å². The number of nitriles is 1. The molecular weight excluding hydrogens is 527 g/mol. The SMILES string of the molecule is N#Cc1ccc(COc2cccc(C3CCC4(CC3)CC4c3nc4oc(C(=O)O)cc4n3CC3CCO3)n2)c(F)c1. The predicted octanol–water partition coefficient (Wildman–Crippen LogP) is 5.93. The molecular formula is C31H29FN4O5. The average molecular weight is 557 g/mol. The van der Waals surface area contributed by atoms with Gasteiger partial charge in [0.05, 0.1) is 24.3 Å². The van der Waals surface area contributed by atoms with E-state index in [4.69, 9.17) is 29.1 Å². The van der Waals surface area contributed by atoms with Gasteiger partial charge in [-0.2, -0.15) is 10.2 Å². The van der Waals surface area contributed by atoms with Crippen molar-refractivity contribution >= 4 is 17.2 Å². The first-order chi connectivity index (χ1) is 19.9. The van der Waals surface area contributed by atoms with Gasteiger partial charge in [0.25, 0.3) is 0 Å². The zero-order valence-electron chi connectivity index (χ0n) is 22.4. The number of nitrogens with zero attached hydrogens (tertiary/aromatic N) is 4. The van der Waals surface area contributed by atoms with Crippen LogP contribution in [0.2, 0.25) is 0 Å². The fourth-order valence-corrected chi connectivity index (χ4v) is 6.51. The summed E-state index contributed by atoms with van der Waals surface area (Å²) in [5.74, 6) is 0.407. The number of aromatic nitrogens is 3.